The summed E-state index contributed by atoms with van der Waals surface area (Å²) in [7, 11) is 0. The van der Waals surface area contributed by atoms with Crippen LogP contribution in [0.3, 0.4) is 0 Å². The molecule has 5 heteroatoms. The van der Waals surface area contributed by atoms with Crippen molar-refractivity contribution in [1.29, 1.82) is 0 Å². The molecule has 0 fully saturated rings. The van der Waals surface area contributed by atoms with Gasteiger partial charge in [-0.15, -0.1) is 0 Å². The molecule has 19 heavy (non-hydrogen) atoms. The van der Waals surface area contributed by atoms with Crippen LogP contribution in [0.5, 0.6) is 0 Å². The molecule has 1 aromatic carbocycles. The number of anilines is 1. The number of nitrogens with two attached hydrogens (primary N) is 2. The van der Waals surface area contributed by atoms with Gasteiger partial charge in [-0.2, -0.15) is 0 Å². The average Bonchev–Trinajstić information content (AvgIpc) is 2.43. The second-order valence-corrected chi connectivity index (χ2v) is 5.39. The molecular weight excluding hydrogens is 304 g/mol. The molecule has 4 nitrogen and oxygen atoms in total. The number of halogens is 1. The van der Waals surface area contributed by atoms with Crippen molar-refractivity contribution in [2.75, 3.05) is 5.73 Å². The first-order chi connectivity index (χ1) is 9.19. The van der Waals surface area contributed by atoms with Crippen molar-refractivity contribution in [3.63, 3.8) is 0 Å². The topological polar surface area (TPSA) is 77.0 Å². The van der Waals surface area contributed by atoms with Crippen LogP contribution < -0.4 is 17.0 Å². The third-order valence-corrected chi connectivity index (χ3v) is 3.57. The Morgan fingerprint density at radius 2 is 1.89 bits per heavy atom. The van der Waals surface area contributed by atoms with Gasteiger partial charge in [0, 0.05) is 28.6 Å². The zero-order valence-corrected chi connectivity index (χ0v) is 12.1. The highest BCUT2D eigenvalue weighted by atomic mass is 79.9. The summed E-state index contributed by atoms with van der Waals surface area (Å²) in [5.74, 6) is 5.63. The molecule has 100 valence electrons. The minimum atomic E-state index is 0.132. The van der Waals surface area contributed by atoms with E-state index in [1.165, 1.54) is 5.56 Å². The Labute approximate surface area is 121 Å². The van der Waals surface area contributed by atoms with Gasteiger partial charge in [-0.3, -0.25) is 16.3 Å². The Balaban J connectivity index is 2.05. The highest BCUT2D eigenvalue weighted by molar-refractivity contribution is 9.10. The van der Waals surface area contributed by atoms with Gasteiger partial charge in [0.15, 0.2) is 0 Å². The van der Waals surface area contributed by atoms with Crippen LogP contribution in [-0.2, 0) is 12.8 Å². The van der Waals surface area contributed by atoms with Crippen LogP contribution in [0.15, 0.2) is 47.2 Å². The van der Waals surface area contributed by atoms with E-state index in [0.717, 1.165) is 28.6 Å². The van der Waals surface area contributed by atoms with Gasteiger partial charge in [0.2, 0.25) is 0 Å². The van der Waals surface area contributed by atoms with Crippen LogP contribution in [0.25, 0.3) is 0 Å². The van der Waals surface area contributed by atoms with Gasteiger partial charge in [0.25, 0.3) is 0 Å². The summed E-state index contributed by atoms with van der Waals surface area (Å²) >= 11 is 3.43. The van der Waals surface area contributed by atoms with Crippen LogP contribution in [0, 0.1) is 0 Å². The normalized spacial score (nSPS) is 12.3. The van der Waals surface area contributed by atoms with Crippen LogP contribution >= 0.6 is 15.9 Å². The van der Waals surface area contributed by atoms with Crippen LogP contribution in [0.4, 0.5) is 5.69 Å². The van der Waals surface area contributed by atoms with E-state index in [0.29, 0.717) is 0 Å². The van der Waals surface area contributed by atoms with Crippen molar-refractivity contribution >= 4 is 21.6 Å². The Kier molecular flexibility index (Phi) is 4.90. The first-order valence-corrected chi connectivity index (χ1v) is 6.87. The number of nitrogens with one attached hydrogen (secondary N) is 1. The summed E-state index contributed by atoms with van der Waals surface area (Å²) < 4.78 is 1.07. The van der Waals surface area contributed by atoms with Crippen molar-refractivity contribution in [1.82, 2.24) is 10.4 Å². The Morgan fingerprint density at radius 1 is 1.16 bits per heavy atom. The smallest absolute Gasteiger partial charge is 0.0378 e. The molecule has 0 aliphatic rings. The van der Waals surface area contributed by atoms with E-state index < -0.39 is 0 Å². The molecule has 2 aromatic rings. The van der Waals surface area contributed by atoms with Crippen molar-refractivity contribution in [2.45, 2.75) is 18.9 Å². The molecule has 1 heterocycles. The summed E-state index contributed by atoms with van der Waals surface area (Å²) in [5, 5.41) is 0. The summed E-state index contributed by atoms with van der Waals surface area (Å²) in [4.78, 5) is 4.10. The quantitative estimate of drug-likeness (QED) is 0.582. The molecule has 0 saturated carbocycles. The van der Waals surface area contributed by atoms with Gasteiger partial charge in [0.1, 0.15) is 0 Å². The molecule has 1 aromatic heterocycles. The molecule has 0 saturated heterocycles. The standard InChI is InChI=1S/C14H17BrN4/c15-12-3-1-10(2-4-12)7-13(19-17)8-11-9-18-6-5-14(11)16/h1-6,9,13,19H,7-8,17H2,(H2,16,18). The minimum absolute atomic E-state index is 0.132. The van der Waals surface area contributed by atoms with Gasteiger partial charge < -0.3 is 5.73 Å². The average molecular weight is 321 g/mol. The van der Waals surface area contributed by atoms with Crippen molar-refractivity contribution in [3.05, 3.63) is 58.3 Å². The number of rotatable bonds is 5. The fraction of sp³-hybridized carbons (Fsp3) is 0.214. The molecular formula is C14H17BrN4. The second-order valence-electron chi connectivity index (χ2n) is 4.47. The highest BCUT2D eigenvalue weighted by Gasteiger charge is 2.11. The maximum Gasteiger partial charge on any atom is 0.0378 e. The van der Waals surface area contributed by atoms with E-state index in [1.54, 1.807) is 12.4 Å². The van der Waals surface area contributed by atoms with Gasteiger partial charge in [0.05, 0.1) is 0 Å². The summed E-state index contributed by atoms with van der Waals surface area (Å²) in [6.45, 7) is 0. The lowest BCUT2D eigenvalue weighted by atomic mass is 10.00. The van der Waals surface area contributed by atoms with Gasteiger partial charge in [-0.1, -0.05) is 28.1 Å². The van der Waals surface area contributed by atoms with Gasteiger partial charge in [-0.25, -0.2) is 0 Å². The van der Waals surface area contributed by atoms with Gasteiger partial charge in [-0.05, 0) is 42.2 Å². The van der Waals surface area contributed by atoms with E-state index in [9.17, 15) is 0 Å². The third-order valence-electron chi connectivity index (χ3n) is 3.04. The Morgan fingerprint density at radius 3 is 2.53 bits per heavy atom. The van der Waals surface area contributed by atoms with E-state index in [1.807, 2.05) is 18.2 Å². The molecule has 0 spiro atoms. The SMILES string of the molecule is NNC(Cc1ccc(Br)cc1)Cc1cnccc1N. The number of hydrogen-bond donors (Lipinski definition) is 3. The first kappa shape index (κ1) is 14.0. The van der Waals surface area contributed by atoms with E-state index in [-0.39, 0.29) is 6.04 Å². The molecule has 0 aliphatic carbocycles. The van der Waals surface area contributed by atoms with Gasteiger partial charge >= 0.3 is 0 Å². The van der Waals surface area contributed by atoms with Crippen molar-refractivity contribution in [3.8, 4) is 0 Å². The molecule has 0 aliphatic heterocycles. The summed E-state index contributed by atoms with van der Waals surface area (Å²) in [6, 6.07) is 10.2. The summed E-state index contributed by atoms with van der Waals surface area (Å²) in [6.07, 6.45) is 5.09. The lowest BCUT2D eigenvalue weighted by Crippen LogP contribution is -2.38. The molecule has 1 atom stereocenters. The number of hydrogen-bond acceptors (Lipinski definition) is 4. The Bertz CT molecular complexity index is 527. The molecule has 5 N–H and O–H groups in total. The fourth-order valence-electron chi connectivity index (χ4n) is 1.97. The molecule has 0 radical (unpaired) electrons. The predicted octanol–water partition coefficient (Wildman–Crippen LogP) is 2.04. The highest BCUT2D eigenvalue weighted by Crippen LogP contribution is 2.15. The molecule has 1 unspecified atom stereocenters. The maximum atomic E-state index is 5.92. The monoisotopic (exact) mass is 320 g/mol. The number of hydrazine groups is 1. The fourth-order valence-corrected chi connectivity index (χ4v) is 2.23. The Hall–Kier alpha value is -1.43. The van der Waals surface area contributed by atoms with Crippen molar-refractivity contribution in [2.24, 2.45) is 5.84 Å². The molecule has 2 rings (SSSR count). The number of pyridine rings is 1. The van der Waals surface area contributed by atoms with Crippen molar-refractivity contribution < 1.29 is 0 Å². The van der Waals surface area contributed by atoms with E-state index in [4.69, 9.17) is 11.6 Å². The molecule has 0 bridgehead atoms. The molecule has 0 amide bonds. The van der Waals surface area contributed by atoms with Crippen LogP contribution in [-0.4, -0.2) is 11.0 Å². The second kappa shape index (κ2) is 6.65. The van der Waals surface area contributed by atoms with Crippen LogP contribution in [0.1, 0.15) is 11.1 Å². The third kappa shape index (κ3) is 4.02. The minimum Gasteiger partial charge on any atom is -0.398 e. The zero-order valence-electron chi connectivity index (χ0n) is 10.5. The predicted molar refractivity (Wildman–Crippen MR) is 81.3 cm³/mol. The zero-order chi connectivity index (χ0) is 13.7. The largest absolute Gasteiger partial charge is 0.398 e. The van der Waals surface area contributed by atoms with Crippen LogP contribution in [0.2, 0.25) is 0 Å². The van der Waals surface area contributed by atoms with E-state index in [2.05, 4.69) is 38.5 Å². The lowest BCUT2D eigenvalue weighted by molar-refractivity contribution is 0.522. The maximum absolute atomic E-state index is 5.92. The van der Waals surface area contributed by atoms with E-state index >= 15 is 0 Å². The number of nitrogen functional groups attached to an aromatic ring is 1. The number of nitrogens with zero attached hydrogens (tertiary/aromatic N) is 1. The number of benzene rings is 1. The lowest BCUT2D eigenvalue weighted by Gasteiger charge is -2.17. The number of aromatic nitrogens is 1. The first-order valence-electron chi connectivity index (χ1n) is 6.08. The summed E-state index contributed by atoms with van der Waals surface area (Å²) in [5.41, 5.74) is 11.8.